The normalized spacial score (nSPS) is 13.1. The molecule has 1 aromatic carbocycles. The van der Waals surface area contributed by atoms with E-state index in [-0.39, 0.29) is 6.04 Å². The summed E-state index contributed by atoms with van der Waals surface area (Å²) in [4.78, 5) is 2.22. The number of likely N-dealkylation sites (N-methyl/N-ethyl adjacent to an activating group) is 1. The smallest absolute Gasteiger partial charge is 0.0292 e. The largest absolute Gasteiger partial charge is 0.329 e. The Morgan fingerprint density at radius 3 is 2.56 bits per heavy atom. The number of nitrogens with zero attached hydrogens (tertiary/aromatic N) is 1. The first-order valence-corrected chi connectivity index (χ1v) is 5.73. The molecule has 16 heavy (non-hydrogen) atoms. The highest BCUT2D eigenvalue weighted by Gasteiger charge is 2.07. The molecule has 0 aliphatic rings. The van der Waals surface area contributed by atoms with Crippen LogP contribution in [0.3, 0.4) is 0 Å². The molecule has 1 aromatic rings. The van der Waals surface area contributed by atoms with E-state index in [1.54, 1.807) is 0 Å². The van der Waals surface area contributed by atoms with Gasteiger partial charge in [-0.25, -0.2) is 0 Å². The number of aryl methyl sites for hydroxylation is 2. The van der Waals surface area contributed by atoms with Crippen molar-refractivity contribution in [3.05, 3.63) is 34.9 Å². The molecule has 0 bridgehead atoms. The number of rotatable bonds is 5. The highest BCUT2D eigenvalue weighted by atomic mass is 15.1. The lowest BCUT2D eigenvalue weighted by molar-refractivity contribution is 0.304. The van der Waals surface area contributed by atoms with Crippen molar-refractivity contribution in [1.82, 2.24) is 4.90 Å². The van der Waals surface area contributed by atoms with E-state index >= 15 is 0 Å². The van der Waals surface area contributed by atoms with Gasteiger partial charge in [-0.1, -0.05) is 23.8 Å². The highest BCUT2D eigenvalue weighted by molar-refractivity contribution is 5.30. The van der Waals surface area contributed by atoms with Crippen LogP contribution in [0.1, 0.15) is 16.7 Å². The summed E-state index contributed by atoms with van der Waals surface area (Å²) in [6, 6.07) is 6.62. The summed E-state index contributed by atoms with van der Waals surface area (Å²) in [6.07, 6.45) is 0. The second-order valence-electron chi connectivity index (χ2n) is 4.62. The maximum atomic E-state index is 5.82. The number of benzene rings is 1. The topological polar surface area (TPSA) is 55.3 Å². The minimum Gasteiger partial charge on any atom is -0.329 e. The standard InChI is InChI=1S/C13H23N3/c1-10-4-5-12(11(2)6-10)8-16(3)9-13(15)7-14/h4-6,13H,7-9,14-15H2,1-3H3. The molecule has 1 unspecified atom stereocenters. The van der Waals surface area contributed by atoms with Crippen molar-refractivity contribution in [1.29, 1.82) is 0 Å². The second-order valence-corrected chi connectivity index (χ2v) is 4.62. The van der Waals surface area contributed by atoms with Gasteiger partial charge < -0.3 is 16.4 Å². The molecular weight excluding hydrogens is 198 g/mol. The van der Waals surface area contributed by atoms with Crippen LogP contribution in [0.2, 0.25) is 0 Å². The van der Waals surface area contributed by atoms with Crippen LogP contribution < -0.4 is 11.5 Å². The van der Waals surface area contributed by atoms with E-state index < -0.39 is 0 Å². The molecule has 0 aliphatic heterocycles. The van der Waals surface area contributed by atoms with Gasteiger partial charge in [0.1, 0.15) is 0 Å². The Labute approximate surface area is 98.4 Å². The van der Waals surface area contributed by atoms with Gasteiger partial charge in [0.2, 0.25) is 0 Å². The van der Waals surface area contributed by atoms with Crippen LogP contribution in [0.25, 0.3) is 0 Å². The minimum absolute atomic E-state index is 0.0655. The predicted molar refractivity (Wildman–Crippen MR) is 69.3 cm³/mol. The molecule has 0 amide bonds. The molecule has 1 atom stereocenters. The van der Waals surface area contributed by atoms with Crippen molar-refractivity contribution in [3.8, 4) is 0 Å². The molecule has 0 saturated heterocycles. The molecule has 0 radical (unpaired) electrons. The van der Waals surface area contributed by atoms with Crippen molar-refractivity contribution in [2.75, 3.05) is 20.1 Å². The molecule has 0 aromatic heterocycles. The van der Waals surface area contributed by atoms with E-state index in [9.17, 15) is 0 Å². The van der Waals surface area contributed by atoms with E-state index in [4.69, 9.17) is 11.5 Å². The van der Waals surface area contributed by atoms with Crippen LogP contribution in [-0.2, 0) is 6.54 Å². The number of hydrogen-bond acceptors (Lipinski definition) is 3. The van der Waals surface area contributed by atoms with Crippen molar-refractivity contribution in [2.45, 2.75) is 26.4 Å². The fraction of sp³-hybridized carbons (Fsp3) is 0.538. The molecule has 0 aliphatic carbocycles. The van der Waals surface area contributed by atoms with Crippen molar-refractivity contribution < 1.29 is 0 Å². The maximum Gasteiger partial charge on any atom is 0.0292 e. The first kappa shape index (κ1) is 13.2. The lowest BCUT2D eigenvalue weighted by atomic mass is 10.1. The van der Waals surface area contributed by atoms with Gasteiger partial charge >= 0.3 is 0 Å². The van der Waals surface area contributed by atoms with Gasteiger partial charge in [0.15, 0.2) is 0 Å². The summed E-state index contributed by atoms with van der Waals surface area (Å²) < 4.78 is 0. The quantitative estimate of drug-likeness (QED) is 0.780. The average molecular weight is 221 g/mol. The molecular formula is C13H23N3. The molecule has 0 spiro atoms. The summed E-state index contributed by atoms with van der Waals surface area (Å²) in [5, 5.41) is 0. The zero-order valence-corrected chi connectivity index (χ0v) is 10.5. The molecule has 4 N–H and O–H groups in total. The third-order valence-electron chi connectivity index (χ3n) is 2.79. The van der Waals surface area contributed by atoms with Crippen LogP contribution in [0, 0.1) is 13.8 Å². The van der Waals surface area contributed by atoms with Crippen LogP contribution in [-0.4, -0.2) is 31.1 Å². The van der Waals surface area contributed by atoms with E-state index in [1.807, 2.05) is 0 Å². The van der Waals surface area contributed by atoms with Crippen LogP contribution in [0.15, 0.2) is 18.2 Å². The Morgan fingerprint density at radius 1 is 1.31 bits per heavy atom. The zero-order chi connectivity index (χ0) is 12.1. The van der Waals surface area contributed by atoms with Crippen LogP contribution in [0.5, 0.6) is 0 Å². The highest BCUT2D eigenvalue weighted by Crippen LogP contribution is 2.12. The second kappa shape index (κ2) is 5.99. The van der Waals surface area contributed by atoms with E-state index in [1.165, 1.54) is 16.7 Å². The van der Waals surface area contributed by atoms with Gasteiger partial charge in [0.05, 0.1) is 0 Å². The van der Waals surface area contributed by atoms with Crippen LogP contribution in [0.4, 0.5) is 0 Å². The Hall–Kier alpha value is -0.900. The first-order valence-electron chi connectivity index (χ1n) is 5.73. The van der Waals surface area contributed by atoms with Crippen molar-refractivity contribution in [3.63, 3.8) is 0 Å². The maximum absolute atomic E-state index is 5.82. The molecule has 90 valence electrons. The molecule has 0 heterocycles. The SMILES string of the molecule is Cc1ccc(CN(C)CC(N)CN)c(C)c1. The van der Waals surface area contributed by atoms with Gasteiger partial charge in [0, 0.05) is 25.7 Å². The fourth-order valence-corrected chi connectivity index (χ4v) is 1.85. The first-order chi connectivity index (χ1) is 7.52. The average Bonchev–Trinajstić information content (AvgIpc) is 2.22. The number of nitrogens with two attached hydrogens (primary N) is 2. The van der Waals surface area contributed by atoms with E-state index in [0.717, 1.165) is 13.1 Å². The predicted octanol–water partition coefficient (Wildman–Crippen LogP) is 1.02. The summed E-state index contributed by atoms with van der Waals surface area (Å²) in [5.74, 6) is 0. The van der Waals surface area contributed by atoms with Gasteiger partial charge in [-0.15, -0.1) is 0 Å². The Morgan fingerprint density at radius 2 is 2.00 bits per heavy atom. The Bertz CT molecular complexity index is 336. The molecule has 0 saturated carbocycles. The van der Waals surface area contributed by atoms with Gasteiger partial charge in [-0.2, -0.15) is 0 Å². The Kier molecular flexibility index (Phi) is 4.93. The van der Waals surface area contributed by atoms with Gasteiger partial charge in [-0.3, -0.25) is 0 Å². The van der Waals surface area contributed by atoms with Crippen LogP contribution >= 0.6 is 0 Å². The van der Waals surface area contributed by atoms with Crippen molar-refractivity contribution >= 4 is 0 Å². The molecule has 3 nitrogen and oxygen atoms in total. The molecule has 3 heteroatoms. The monoisotopic (exact) mass is 221 g/mol. The summed E-state index contributed by atoms with van der Waals surface area (Å²) in [5.41, 5.74) is 15.3. The summed E-state index contributed by atoms with van der Waals surface area (Å²) in [7, 11) is 2.08. The summed E-state index contributed by atoms with van der Waals surface area (Å²) >= 11 is 0. The third kappa shape index (κ3) is 3.93. The summed E-state index contributed by atoms with van der Waals surface area (Å²) in [6.45, 7) is 6.57. The number of hydrogen-bond donors (Lipinski definition) is 2. The third-order valence-corrected chi connectivity index (χ3v) is 2.79. The molecule has 0 fully saturated rings. The lowest BCUT2D eigenvalue weighted by Crippen LogP contribution is -2.40. The minimum atomic E-state index is 0.0655. The molecule has 1 rings (SSSR count). The fourth-order valence-electron chi connectivity index (χ4n) is 1.85. The Balaban J connectivity index is 2.59. The van der Waals surface area contributed by atoms with Gasteiger partial charge in [0.25, 0.3) is 0 Å². The zero-order valence-electron chi connectivity index (χ0n) is 10.5. The van der Waals surface area contributed by atoms with E-state index in [2.05, 4.69) is 44.0 Å². The van der Waals surface area contributed by atoms with Gasteiger partial charge in [-0.05, 0) is 32.0 Å². The van der Waals surface area contributed by atoms with Crippen molar-refractivity contribution in [2.24, 2.45) is 11.5 Å². The van der Waals surface area contributed by atoms with E-state index in [0.29, 0.717) is 6.54 Å². The lowest BCUT2D eigenvalue weighted by Gasteiger charge is -2.21.